The summed E-state index contributed by atoms with van der Waals surface area (Å²) in [6.45, 7) is 4.34. The number of benzene rings is 2. The van der Waals surface area contributed by atoms with Gasteiger partial charge in [0.25, 0.3) is 5.91 Å². The van der Waals surface area contributed by atoms with Crippen molar-refractivity contribution in [3.63, 3.8) is 0 Å². The third-order valence-corrected chi connectivity index (χ3v) is 5.80. The molecule has 2 saturated heterocycles. The predicted molar refractivity (Wildman–Crippen MR) is 105 cm³/mol. The lowest BCUT2D eigenvalue weighted by Gasteiger charge is -2.37. The third kappa shape index (κ3) is 3.94. The van der Waals surface area contributed by atoms with Gasteiger partial charge in [-0.2, -0.15) is 0 Å². The first-order valence-electron chi connectivity index (χ1n) is 9.20. The van der Waals surface area contributed by atoms with Gasteiger partial charge in [-0.15, -0.1) is 0 Å². The highest BCUT2D eigenvalue weighted by Gasteiger charge is 2.32. The number of fused-ring (bicyclic) bond motifs is 1. The lowest BCUT2D eigenvalue weighted by Crippen LogP contribution is -2.52. The SMILES string of the molecule is O=C(c1cccc(COc2ccc(Br)cc2)c1)N1CCN2CCC[C@H]2C1. The Balaban J connectivity index is 1.40. The van der Waals surface area contributed by atoms with Crippen LogP contribution in [-0.4, -0.2) is 47.9 Å². The molecule has 2 fully saturated rings. The molecule has 1 atom stereocenters. The maximum atomic E-state index is 12.9. The van der Waals surface area contributed by atoms with Crippen molar-refractivity contribution >= 4 is 21.8 Å². The van der Waals surface area contributed by atoms with Crippen LogP contribution in [0.5, 0.6) is 5.75 Å². The van der Waals surface area contributed by atoms with Gasteiger partial charge in [0.15, 0.2) is 0 Å². The quantitative estimate of drug-likeness (QED) is 0.758. The van der Waals surface area contributed by atoms with Crippen LogP contribution in [0.4, 0.5) is 0 Å². The molecule has 136 valence electrons. The van der Waals surface area contributed by atoms with E-state index in [4.69, 9.17) is 4.74 Å². The highest BCUT2D eigenvalue weighted by molar-refractivity contribution is 9.10. The van der Waals surface area contributed by atoms with E-state index in [9.17, 15) is 4.79 Å². The molecule has 0 spiro atoms. The van der Waals surface area contributed by atoms with Crippen LogP contribution in [0, 0.1) is 0 Å². The average Bonchev–Trinajstić information content (AvgIpc) is 3.15. The fourth-order valence-electron chi connectivity index (χ4n) is 3.85. The van der Waals surface area contributed by atoms with Crippen molar-refractivity contribution in [2.75, 3.05) is 26.2 Å². The van der Waals surface area contributed by atoms with E-state index in [0.717, 1.165) is 41.0 Å². The van der Waals surface area contributed by atoms with E-state index >= 15 is 0 Å². The van der Waals surface area contributed by atoms with E-state index in [1.54, 1.807) is 0 Å². The maximum Gasteiger partial charge on any atom is 0.253 e. The van der Waals surface area contributed by atoms with Gasteiger partial charge in [-0.1, -0.05) is 28.1 Å². The van der Waals surface area contributed by atoms with E-state index in [-0.39, 0.29) is 5.91 Å². The fourth-order valence-corrected chi connectivity index (χ4v) is 4.11. The predicted octanol–water partition coefficient (Wildman–Crippen LogP) is 3.95. The van der Waals surface area contributed by atoms with Crippen LogP contribution in [0.2, 0.25) is 0 Å². The Bertz CT molecular complexity index is 778. The normalized spacial score (nSPS) is 20.0. The highest BCUT2D eigenvalue weighted by atomic mass is 79.9. The van der Waals surface area contributed by atoms with Crippen molar-refractivity contribution in [2.45, 2.75) is 25.5 Å². The van der Waals surface area contributed by atoms with E-state index in [1.165, 1.54) is 19.4 Å². The summed E-state index contributed by atoms with van der Waals surface area (Å²) < 4.78 is 6.86. The van der Waals surface area contributed by atoms with Crippen molar-refractivity contribution in [2.24, 2.45) is 0 Å². The van der Waals surface area contributed by atoms with Crippen LogP contribution in [0.1, 0.15) is 28.8 Å². The summed E-state index contributed by atoms with van der Waals surface area (Å²) in [5, 5.41) is 0. The lowest BCUT2D eigenvalue weighted by molar-refractivity contribution is 0.0571. The maximum absolute atomic E-state index is 12.9. The second-order valence-corrected chi connectivity index (χ2v) is 7.94. The van der Waals surface area contributed by atoms with Gasteiger partial charge in [-0.3, -0.25) is 9.69 Å². The first kappa shape index (κ1) is 17.6. The molecule has 2 aliphatic rings. The van der Waals surface area contributed by atoms with Crippen molar-refractivity contribution in [1.29, 1.82) is 0 Å². The molecule has 5 heteroatoms. The molecule has 1 amide bonds. The summed E-state index contributed by atoms with van der Waals surface area (Å²) in [7, 11) is 0. The molecule has 2 aromatic carbocycles. The molecule has 0 N–H and O–H groups in total. The number of rotatable bonds is 4. The Morgan fingerprint density at radius 2 is 1.96 bits per heavy atom. The zero-order valence-corrected chi connectivity index (χ0v) is 16.3. The van der Waals surface area contributed by atoms with Gasteiger partial charge in [-0.05, 0) is 61.3 Å². The molecule has 4 nitrogen and oxygen atoms in total. The highest BCUT2D eigenvalue weighted by Crippen LogP contribution is 2.23. The van der Waals surface area contributed by atoms with E-state index in [0.29, 0.717) is 12.6 Å². The first-order valence-corrected chi connectivity index (χ1v) is 9.99. The smallest absolute Gasteiger partial charge is 0.253 e. The number of amides is 1. The molecule has 0 saturated carbocycles. The molecule has 2 heterocycles. The molecule has 0 aliphatic carbocycles. The minimum atomic E-state index is 0.141. The van der Waals surface area contributed by atoms with Crippen LogP contribution < -0.4 is 4.74 Å². The topological polar surface area (TPSA) is 32.8 Å². The molecular weight excluding hydrogens is 392 g/mol. The van der Waals surface area contributed by atoms with Crippen molar-refractivity contribution in [1.82, 2.24) is 9.80 Å². The van der Waals surface area contributed by atoms with Gasteiger partial charge in [0.2, 0.25) is 0 Å². The van der Waals surface area contributed by atoms with E-state index in [2.05, 4.69) is 20.8 Å². The summed E-state index contributed by atoms with van der Waals surface area (Å²) in [5.74, 6) is 0.962. The first-order chi connectivity index (χ1) is 12.7. The number of ether oxygens (including phenoxy) is 1. The Morgan fingerprint density at radius 1 is 1.12 bits per heavy atom. The largest absolute Gasteiger partial charge is 0.489 e. The molecule has 4 rings (SSSR count). The molecule has 0 radical (unpaired) electrons. The Kier molecular flexibility index (Phi) is 5.27. The summed E-state index contributed by atoms with van der Waals surface area (Å²) in [6.07, 6.45) is 2.47. The number of carbonyl (C=O) groups is 1. The Hall–Kier alpha value is -1.85. The number of halogens is 1. The zero-order valence-electron chi connectivity index (χ0n) is 14.7. The van der Waals surface area contributed by atoms with Crippen molar-refractivity contribution in [3.05, 3.63) is 64.1 Å². The summed E-state index contributed by atoms with van der Waals surface area (Å²) >= 11 is 3.42. The van der Waals surface area contributed by atoms with E-state index in [1.807, 2.05) is 53.4 Å². The number of hydrogen-bond acceptors (Lipinski definition) is 3. The van der Waals surface area contributed by atoms with Crippen LogP contribution in [0.3, 0.4) is 0 Å². The lowest BCUT2D eigenvalue weighted by atomic mass is 10.1. The number of carbonyl (C=O) groups excluding carboxylic acids is 1. The molecule has 2 aromatic rings. The third-order valence-electron chi connectivity index (χ3n) is 5.27. The second kappa shape index (κ2) is 7.80. The Morgan fingerprint density at radius 3 is 2.81 bits per heavy atom. The van der Waals surface area contributed by atoms with Crippen LogP contribution in [0.15, 0.2) is 53.0 Å². The molecule has 0 unspecified atom stereocenters. The van der Waals surface area contributed by atoms with Gasteiger partial charge in [0, 0.05) is 35.7 Å². The van der Waals surface area contributed by atoms with Crippen LogP contribution in [-0.2, 0) is 6.61 Å². The summed E-state index contributed by atoms with van der Waals surface area (Å²) in [4.78, 5) is 17.4. The van der Waals surface area contributed by atoms with Gasteiger partial charge >= 0.3 is 0 Å². The van der Waals surface area contributed by atoms with Gasteiger partial charge in [0.05, 0.1) is 0 Å². The minimum absolute atomic E-state index is 0.141. The number of hydrogen-bond donors (Lipinski definition) is 0. The standard InChI is InChI=1S/C21H23BrN2O2/c22-18-6-8-20(9-7-18)26-15-16-3-1-4-17(13-16)21(25)24-12-11-23-10-2-5-19(23)14-24/h1,3-4,6-9,13,19H,2,5,10-12,14-15H2/t19-/m0/s1. The molecular formula is C21H23BrN2O2. The van der Waals surface area contributed by atoms with Gasteiger partial charge < -0.3 is 9.64 Å². The number of nitrogens with zero attached hydrogens (tertiary/aromatic N) is 2. The Labute approximate surface area is 162 Å². The second-order valence-electron chi connectivity index (χ2n) is 7.03. The van der Waals surface area contributed by atoms with Gasteiger partial charge in [0.1, 0.15) is 12.4 Å². The minimum Gasteiger partial charge on any atom is -0.489 e. The number of piperazine rings is 1. The molecule has 2 aliphatic heterocycles. The summed E-state index contributed by atoms with van der Waals surface area (Å²) in [6, 6.07) is 16.1. The van der Waals surface area contributed by atoms with Crippen LogP contribution >= 0.6 is 15.9 Å². The average molecular weight is 415 g/mol. The fraction of sp³-hybridized carbons (Fsp3) is 0.381. The molecule has 0 aromatic heterocycles. The van der Waals surface area contributed by atoms with Crippen molar-refractivity contribution < 1.29 is 9.53 Å². The van der Waals surface area contributed by atoms with Crippen LogP contribution in [0.25, 0.3) is 0 Å². The van der Waals surface area contributed by atoms with E-state index < -0.39 is 0 Å². The molecule has 26 heavy (non-hydrogen) atoms. The van der Waals surface area contributed by atoms with Gasteiger partial charge in [-0.25, -0.2) is 0 Å². The monoisotopic (exact) mass is 414 g/mol. The molecule has 0 bridgehead atoms. The zero-order chi connectivity index (χ0) is 17.9. The van der Waals surface area contributed by atoms with Crippen molar-refractivity contribution in [3.8, 4) is 5.75 Å². The summed E-state index contributed by atoms with van der Waals surface area (Å²) in [5.41, 5.74) is 1.77.